The predicted octanol–water partition coefficient (Wildman–Crippen LogP) is 1.26. The fraction of sp³-hybridized carbons (Fsp3) is 0.462. The van der Waals surface area contributed by atoms with E-state index in [4.69, 9.17) is 4.74 Å². The minimum Gasteiger partial charge on any atom is -0.494 e. The molecule has 0 aromatic heterocycles. The standard InChI is InChI=1S/C13H18FNO3/c1-3-10(16)8-15-13(17)7-9-4-5-12(18-2)11(14)6-9/h4-6,10,16H,3,7-8H2,1-2H3,(H,15,17). The van der Waals surface area contributed by atoms with Gasteiger partial charge in [-0.3, -0.25) is 4.79 Å². The van der Waals surface area contributed by atoms with Gasteiger partial charge in [-0.1, -0.05) is 13.0 Å². The van der Waals surface area contributed by atoms with Crippen LogP contribution in [-0.4, -0.2) is 30.8 Å². The summed E-state index contributed by atoms with van der Waals surface area (Å²) < 4.78 is 18.2. The van der Waals surface area contributed by atoms with Crippen LogP contribution in [0.2, 0.25) is 0 Å². The molecular weight excluding hydrogens is 237 g/mol. The van der Waals surface area contributed by atoms with Crippen molar-refractivity contribution < 1.29 is 19.0 Å². The first kappa shape index (κ1) is 14.4. The number of aliphatic hydroxyl groups excluding tert-OH is 1. The number of methoxy groups -OCH3 is 1. The van der Waals surface area contributed by atoms with Gasteiger partial charge in [0.2, 0.25) is 5.91 Å². The quantitative estimate of drug-likeness (QED) is 0.804. The molecule has 1 unspecified atom stereocenters. The van der Waals surface area contributed by atoms with E-state index in [2.05, 4.69) is 5.32 Å². The zero-order chi connectivity index (χ0) is 13.5. The summed E-state index contributed by atoms with van der Waals surface area (Å²) in [6, 6.07) is 4.39. The lowest BCUT2D eigenvalue weighted by Crippen LogP contribution is -2.32. The number of ether oxygens (including phenoxy) is 1. The maximum Gasteiger partial charge on any atom is 0.224 e. The molecule has 0 aliphatic heterocycles. The smallest absolute Gasteiger partial charge is 0.224 e. The van der Waals surface area contributed by atoms with Gasteiger partial charge in [-0.2, -0.15) is 0 Å². The monoisotopic (exact) mass is 255 g/mol. The fourth-order valence-electron chi connectivity index (χ4n) is 1.44. The van der Waals surface area contributed by atoms with Gasteiger partial charge in [0.15, 0.2) is 11.6 Å². The molecular formula is C13H18FNO3. The molecule has 0 radical (unpaired) electrons. The molecule has 0 spiro atoms. The number of hydrogen-bond acceptors (Lipinski definition) is 3. The lowest BCUT2D eigenvalue weighted by Gasteiger charge is -2.10. The number of halogens is 1. The van der Waals surface area contributed by atoms with Crippen LogP contribution in [0.15, 0.2) is 18.2 Å². The summed E-state index contributed by atoms with van der Waals surface area (Å²) in [4.78, 5) is 11.5. The molecule has 0 aliphatic carbocycles. The van der Waals surface area contributed by atoms with Crippen molar-refractivity contribution in [3.63, 3.8) is 0 Å². The molecule has 0 heterocycles. The van der Waals surface area contributed by atoms with Crippen molar-refractivity contribution in [2.45, 2.75) is 25.9 Å². The summed E-state index contributed by atoms with van der Waals surface area (Å²) in [6.07, 6.45) is 0.121. The number of amides is 1. The van der Waals surface area contributed by atoms with Crippen LogP contribution in [0.3, 0.4) is 0 Å². The third-order valence-corrected chi connectivity index (χ3v) is 2.59. The van der Waals surface area contributed by atoms with Crippen LogP contribution in [-0.2, 0) is 11.2 Å². The van der Waals surface area contributed by atoms with Crippen molar-refractivity contribution in [1.29, 1.82) is 0 Å². The van der Waals surface area contributed by atoms with Crippen LogP contribution in [0.25, 0.3) is 0 Å². The molecule has 1 rings (SSSR count). The predicted molar refractivity (Wildman–Crippen MR) is 66.0 cm³/mol. The average Bonchev–Trinajstić information content (AvgIpc) is 2.36. The molecule has 1 amide bonds. The highest BCUT2D eigenvalue weighted by atomic mass is 19.1. The van der Waals surface area contributed by atoms with Gasteiger partial charge in [-0.05, 0) is 24.1 Å². The molecule has 5 heteroatoms. The van der Waals surface area contributed by atoms with Crippen molar-refractivity contribution in [2.75, 3.05) is 13.7 Å². The Balaban J connectivity index is 2.52. The molecule has 0 aliphatic rings. The van der Waals surface area contributed by atoms with E-state index in [1.807, 2.05) is 6.92 Å². The maximum atomic E-state index is 13.4. The summed E-state index contributed by atoms with van der Waals surface area (Å²) in [7, 11) is 1.39. The number of hydrogen-bond donors (Lipinski definition) is 2. The van der Waals surface area contributed by atoms with Crippen molar-refractivity contribution in [1.82, 2.24) is 5.32 Å². The molecule has 0 fully saturated rings. The van der Waals surface area contributed by atoms with E-state index in [9.17, 15) is 14.3 Å². The van der Waals surface area contributed by atoms with Crippen LogP contribution in [0, 0.1) is 5.82 Å². The third-order valence-electron chi connectivity index (χ3n) is 2.59. The van der Waals surface area contributed by atoms with E-state index >= 15 is 0 Å². The van der Waals surface area contributed by atoms with Crippen molar-refractivity contribution in [2.24, 2.45) is 0 Å². The second-order valence-electron chi connectivity index (χ2n) is 4.01. The van der Waals surface area contributed by atoms with Crippen LogP contribution in [0.4, 0.5) is 4.39 Å². The lowest BCUT2D eigenvalue weighted by atomic mass is 10.1. The normalized spacial score (nSPS) is 12.0. The number of rotatable bonds is 6. The molecule has 18 heavy (non-hydrogen) atoms. The van der Waals surface area contributed by atoms with Crippen molar-refractivity contribution in [3.8, 4) is 5.75 Å². The van der Waals surface area contributed by atoms with Gasteiger partial charge in [0.25, 0.3) is 0 Å². The highest BCUT2D eigenvalue weighted by molar-refractivity contribution is 5.78. The number of aliphatic hydroxyl groups is 1. The van der Waals surface area contributed by atoms with E-state index in [-0.39, 0.29) is 24.6 Å². The van der Waals surface area contributed by atoms with Crippen LogP contribution in [0.5, 0.6) is 5.75 Å². The number of nitrogens with one attached hydrogen (secondary N) is 1. The third kappa shape index (κ3) is 4.33. The topological polar surface area (TPSA) is 58.6 Å². The minimum absolute atomic E-state index is 0.0807. The highest BCUT2D eigenvalue weighted by Gasteiger charge is 2.08. The Morgan fingerprint density at radius 2 is 2.28 bits per heavy atom. The Kier molecular flexibility index (Phi) is 5.58. The van der Waals surface area contributed by atoms with E-state index in [0.717, 1.165) is 0 Å². The maximum absolute atomic E-state index is 13.4. The second kappa shape index (κ2) is 6.96. The first-order valence-electron chi connectivity index (χ1n) is 5.84. The van der Waals surface area contributed by atoms with E-state index in [0.29, 0.717) is 12.0 Å². The minimum atomic E-state index is -0.540. The highest BCUT2D eigenvalue weighted by Crippen LogP contribution is 2.17. The average molecular weight is 255 g/mol. The molecule has 2 N–H and O–H groups in total. The SMILES string of the molecule is CCC(O)CNC(=O)Cc1ccc(OC)c(F)c1. The summed E-state index contributed by atoms with van der Waals surface area (Å²) >= 11 is 0. The first-order valence-corrected chi connectivity index (χ1v) is 5.84. The van der Waals surface area contributed by atoms with Crippen molar-refractivity contribution >= 4 is 5.91 Å². The Hall–Kier alpha value is -1.62. The van der Waals surface area contributed by atoms with Crippen LogP contribution >= 0.6 is 0 Å². The largest absolute Gasteiger partial charge is 0.494 e. The molecule has 1 aromatic rings. The molecule has 4 nitrogen and oxygen atoms in total. The first-order chi connectivity index (χ1) is 8.56. The molecule has 0 saturated carbocycles. The number of carbonyl (C=O) groups excluding carboxylic acids is 1. The Morgan fingerprint density at radius 3 is 2.83 bits per heavy atom. The van der Waals surface area contributed by atoms with E-state index < -0.39 is 11.9 Å². The van der Waals surface area contributed by atoms with Gasteiger partial charge in [-0.25, -0.2) is 4.39 Å². The molecule has 0 bridgehead atoms. The second-order valence-corrected chi connectivity index (χ2v) is 4.01. The summed E-state index contributed by atoms with van der Waals surface area (Å²) in [5.74, 6) is -0.580. The van der Waals surface area contributed by atoms with Crippen LogP contribution in [0.1, 0.15) is 18.9 Å². The summed E-state index contributed by atoms with van der Waals surface area (Å²) in [5, 5.41) is 11.9. The van der Waals surface area contributed by atoms with Gasteiger partial charge < -0.3 is 15.2 Å². The summed E-state index contributed by atoms with van der Waals surface area (Å²) in [5.41, 5.74) is 0.566. The molecule has 1 aromatic carbocycles. The molecule has 100 valence electrons. The van der Waals surface area contributed by atoms with Gasteiger partial charge in [0.1, 0.15) is 0 Å². The lowest BCUT2D eigenvalue weighted by molar-refractivity contribution is -0.120. The molecule has 0 saturated heterocycles. The Morgan fingerprint density at radius 1 is 1.56 bits per heavy atom. The van der Waals surface area contributed by atoms with Gasteiger partial charge in [0.05, 0.1) is 19.6 Å². The summed E-state index contributed by atoms with van der Waals surface area (Å²) in [6.45, 7) is 2.05. The Bertz CT molecular complexity index is 409. The van der Waals surface area contributed by atoms with Gasteiger partial charge in [-0.15, -0.1) is 0 Å². The molecule has 1 atom stereocenters. The van der Waals surface area contributed by atoms with E-state index in [1.165, 1.54) is 19.2 Å². The zero-order valence-corrected chi connectivity index (χ0v) is 10.6. The van der Waals surface area contributed by atoms with Gasteiger partial charge in [0, 0.05) is 6.54 Å². The Labute approximate surface area is 106 Å². The van der Waals surface area contributed by atoms with Crippen molar-refractivity contribution in [3.05, 3.63) is 29.6 Å². The van der Waals surface area contributed by atoms with Gasteiger partial charge >= 0.3 is 0 Å². The number of carbonyl (C=O) groups is 1. The van der Waals surface area contributed by atoms with Crippen LogP contribution < -0.4 is 10.1 Å². The fourth-order valence-corrected chi connectivity index (χ4v) is 1.44. The zero-order valence-electron chi connectivity index (χ0n) is 10.6. The van der Waals surface area contributed by atoms with E-state index in [1.54, 1.807) is 6.07 Å². The number of benzene rings is 1.